The van der Waals surface area contributed by atoms with Crippen molar-refractivity contribution >= 4 is 11.7 Å². The summed E-state index contributed by atoms with van der Waals surface area (Å²) in [6, 6.07) is 0. The molecule has 3 heteroatoms. The molecule has 3 nitrogen and oxygen atoms in total. The maximum absolute atomic E-state index is 10.8. The lowest BCUT2D eigenvalue weighted by Crippen LogP contribution is -2.31. The summed E-state index contributed by atoms with van der Waals surface area (Å²) in [6.07, 6.45) is 0. The maximum Gasteiger partial charge on any atom is 0.219 e. The van der Waals surface area contributed by atoms with E-state index in [0.717, 1.165) is 0 Å². The molecule has 0 heterocycles. The van der Waals surface area contributed by atoms with Gasteiger partial charge in [-0.15, -0.1) is 0 Å². The van der Waals surface area contributed by atoms with Crippen molar-refractivity contribution in [2.45, 2.75) is 20.8 Å². The molecular weight excluding hydrogens is 142 g/mol. The Bertz CT molecular complexity index is 147. The minimum atomic E-state index is -0.0519. The van der Waals surface area contributed by atoms with Crippen LogP contribution < -0.4 is 0 Å². The zero-order valence-corrected chi connectivity index (χ0v) is 7.55. The summed E-state index contributed by atoms with van der Waals surface area (Å²) in [6.45, 7) is 5.37. The number of carbonyl (C=O) groups excluding carboxylic acids is 2. The minimum Gasteiger partial charge on any atom is -0.345 e. The SMILES string of the molecule is CC(=O)C(C)CN(C)C(C)=O. The zero-order valence-electron chi connectivity index (χ0n) is 7.55. The summed E-state index contributed by atoms with van der Waals surface area (Å²) >= 11 is 0. The molecule has 0 aromatic rings. The molecule has 64 valence electrons. The first-order valence-electron chi connectivity index (χ1n) is 3.67. The molecule has 11 heavy (non-hydrogen) atoms. The van der Waals surface area contributed by atoms with E-state index in [1.54, 1.807) is 18.9 Å². The molecule has 0 rings (SSSR count). The third-order valence-corrected chi connectivity index (χ3v) is 1.78. The van der Waals surface area contributed by atoms with E-state index in [1.165, 1.54) is 6.92 Å². The largest absolute Gasteiger partial charge is 0.345 e. The van der Waals surface area contributed by atoms with Gasteiger partial charge in [0.15, 0.2) is 0 Å². The van der Waals surface area contributed by atoms with Crippen molar-refractivity contribution in [3.05, 3.63) is 0 Å². The van der Waals surface area contributed by atoms with Crippen LogP contribution in [0.15, 0.2) is 0 Å². The van der Waals surface area contributed by atoms with E-state index >= 15 is 0 Å². The molecule has 0 aromatic heterocycles. The van der Waals surface area contributed by atoms with E-state index in [4.69, 9.17) is 0 Å². The van der Waals surface area contributed by atoms with Crippen molar-refractivity contribution < 1.29 is 9.59 Å². The molecular formula is C8H15NO2. The van der Waals surface area contributed by atoms with Gasteiger partial charge >= 0.3 is 0 Å². The number of ketones is 1. The molecule has 0 spiro atoms. The van der Waals surface area contributed by atoms with Crippen molar-refractivity contribution in [2.24, 2.45) is 5.92 Å². The fourth-order valence-corrected chi connectivity index (χ4v) is 0.668. The Hall–Kier alpha value is -0.860. The second-order valence-electron chi connectivity index (χ2n) is 2.91. The maximum atomic E-state index is 10.8. The van der Waals surface area contributed by atoms with E-state index in [1.807, 2.05) is 6.92 Å². The van der Waals surface area contributed by atoms with Crippen molar-refractivity contribution in [3.8, 4) is 0 Å². The molecule has 0 saturated heterocycles. The molecule has 0 radical (unpaired) electrons. The van der Waals surface area contributed by atoms with Gasteiger partial charge in [0, 0.05) is 26.4 Å². The van der Waals surface area contributed by atoms with Crippen LogP contribution in [0.5, 0.6) is 0 Å². The highest BCUT2D eigenvalue weighted by Crippen LogP contribution is 1.98. The lowest BCUT2D eigenvalue weighted by Gasteiger charge is -2.17. The summed E-state index contributed by atoms with van der Waals surface area (Å²) < 4.78 is 0. The van der Waals surface area contributed by atoms with Crippen LogP contribution in [0.4, 0.5) is 0 Å². The number of rotatable bonds is 3. The number of hydrogen-bond acceptors (Lipinski definition) is 2. The van der Waals surface area contributed by atoms with E-state index in [2.05, 4.69) is 0 Å². The third kappa shape index (κ3) is 3.75. The van der Waals surface area contributed by atoms with Gasteiger partial charge in [0.1, 0.15) is 5.78 Å². The van der Waals surface area contributed by atoms with Crippen molar-refractivity contribution in [2.75, 3.05) is 13.6 Å². The first-order valence-corrected chi connectivity index (χ1v) is 3.67. The van der Waals surface area contributed by atoms with E-state index in [9.17, 15) is 9.59 Å². The van der Waals surface area contributed by atoms with Crippen molar-refractivity contribution in [3.63, 3.8) is 0 Å². The Morgan fingerprint density at radius 2 is 1.82 bits per heavy atom. The highest BCUT2D eigenvalue weighted by molar-refractivity contribution is 5.79. The van der Waals surface area contributed by atoms with Crippen molar-refractivity contribution in [1.29, 1.82) is 0 Å². The Balaban J connectivity index is 3.84. The van der Waals surface area contributed by atoms with Crippen LogP contribution in [0.3, 0.4) is 0 Å². The number of amides is 1. The van der Waals surface area contributed by atoms with Gasteiger partial charge in [-0.3, -0.25) is 9.59 Å². The van der Waals surface area contributed by atoms with Crippen LogP contribution in [0.2, 0.25) is 0 Å². The molecule has 0 saturated carbocycles. The van der Waals surface area contributed by atoms with Crippen LogP contribution in [-0.4, -0.2) is 30.2 Å². The summed E-state index contributed by atoms with van der Waals surface area (Å²) in [7, 11) is 1.70. The molecule has 0 aromatic carbocycles. The lowest BCUT2D eigenvalue weighted by molar-refractivity contribution is -0.129. The van der Waals surface area contributed by atoms with Crippen LogP contribution in [0.1, 0.15) is 20.8 Å². The molecule has 0 bridgehead atoms. The summed E-state index contributed by atoms with van der Waals surface area (Å²) in [5, 5.41) is 0. The minimum absolute atomic E-state index is 0.00176. The van der Waals surface area contributed by atoms with Crippen LogP contribution in [0.25, 0.3) is 0 Å². The number of nitrogens with zero attached hydrogens (tertiary/aromatic N) is 1. The van der Waals surface area contributed by atoms with Gasteiger partial charge in [-0.1, -0.05) is 6.92 Å². The summed E-state index contributed by atoms with van der Waals surface area (Å²) in [4.78, 5) is 23.0. The fourth-order valence-electron chi connectivity index (χ4n) is 0.668. The van der Waals surface area contributed by atoms with E-state index in [-0.39, 0.29) is 17.6 Å². The molecule has 1 atom stereocenters. The highest BCUT2D eigenvalue weighted by Gasteiger charge is 2.11. The molecule has 0 fully saturated rings. The lowest BCUT2D eigenvalue weighted by atomic mass is 10.1. The zero-order chi connectivity index (χ0) is 9.02. The molecule has 0 N–H and O–H groups in total. The third-order valence-electron chi connectivity index (χ3n) is 1.78. The molecule has 0 aliphatic rings. The quantitative estimate of drug-likeness (QED) is 0.604. The predicted octanol–water partition coefficient (Wildman–Crippen LogP) is 0.690. The highest BCUT2D eigenvalue weighted by atomic mass is 16.2. The standard InChI is InChI=1S/C8H15NO2/c1-6(7(2)10)5-9(4)8(3)11/h6H,5H2,1-4H3. The van der Waals surface area contributed by atoms with E-state index < -0.39 is 0 Å². The van der Waals surface area contributed by atoms with Crippen LogP contribution in [-0.2, 0) is 9.59 Å². The Morgan fingerprint density at radius 3 is 2.09 bits per heavy atom. The normalized spacial score (nSPS) is 12.4. The number of Topliss-reactive ketones (excluding diaryl/α,β-unsaturated/α-hetero) is 1. The van der Waals surface area contributed by atoms with Gasteiger partial charge in [0.05, 0.1) is 0 Å². The van der Waals surface area contributed by atoms with Gasteiger partial charge in [-0.25, -0.2) is 0 Å². The van der Waals surface area contributed by atoms with Gasteiger partial charge in [0.2, 0.25) is 5.91 Å². The average Bonchev–Trinajstić information content (AvgIpc) is 1.87. The van der Waals surface area contributed by atoms with Gasteiger partial charge in [0.25, 0.3) is 0 Å². The van der Waals surface area contributed by atoms with E-state index in [0.29, 0.717) is 6.54 Å². The number of carbonyl (C=O) groups is 2. The first-order chi connectivity index (χ1) is 4.95. The van der Waals surface area contributed by atoms with Crippen molar-refractivity contribution in [1.82, 2.24) is 4.90 Å². The smallest absolute Gasteiger partial charge is 0.219 e. The molecule has 1 amide bonds. The summed E-state index contributed by atoms with van der Waals surface area (Å²) in [5.74, 6) is 0.0695. The van der Waals surface area contributed by atoms with Gasteiger partial charge in [-0.2, -0.15) is 0 Å². The fraction of sp³-hybridized carbons (Fsp3) is 0.750. The molecule has 0 aliphatic heterocycles. The Labute approximate surface area is 67.4 Å². The predicted molar refractivity (Wildman–Crippen MR) is 43.2 cm³/mol. The summed E-state index contributed by atoms with van der Waals surface area (Å²) in [5.41, 5.74) is 0. The van der Waals surface area contributed by atoms with Crippen LogP contribution >= 0.6 is 0 Å². The van der Waals surface area contributed by atoms with Gasteiger partial charge in [-0.05, 0) is 6.92 Å². The molecule has 0 aliphatic carbocycles. The monoisotopic (exact) mass is 157 g/mol. The number of hydrogen-bond donors (Lipinski definition) is 0. The van der Waals surface area contributed by atoms with Crippen LogP contribution in [0, 0.1) is 5.92 Å². The molecule has 1 unspecified atom stereocenters. The van der Waals surface area contributed by atoms with Gasteiger partial charge < -0.3 is 4.90 Å². The topological polar surface area (TPSA) is 37.4 Å². The first kappa shape index (κ1) is 10.1. The second kappa shape index (κ2) is 4.11. The Morgan fingerprint density at radius 1 is 1.36 bits per heavy atom. The average molecular weight is 157 g/mol. The second-order valence-corrected chi connectivity index (χ2v) is 2.91. The Kier molecular flexibility index (Phi) is 3.79.